The van der Waals surface area contributed by atoms with Gasteiger partial charge in [0.2, 0.25) is 5.78 Å². The molecule has 0 saturated carbocycles. The number of hydrogen-bond donors (Lipinski definition) is 1. The van der Waals surface area contributed by atoms with E-state index in [1.165, 1.54) is 12.3 Å². The maximum absolute atomic E-state index is 13.2. The lowest BCUT2D eigenvalue weighted by molar-refractivity contribution is -0.129. The van der Waals surface area contributed by atoms with Gasteiger partial charge in [0.05, 0.1) is 24.5 Å². The first-order chi connectivity index (χ1) is 15.5. The molecule has 0 bridgehead atoms. The highest BCUT2D eigenvalue weighted by molar-refractivity contribution is 6.15. The van der Waals surface area contributed by atoms with Crippen LogP contribution in [0, 0.1) is 0 Å². The summed E-state index contributed by atoms with van der Waals surface area (Å²) in [5.74, 6) is -0.788. The standard InChI is InChI=1S/C25H32N2O5/c1-4-15-31-19-11-7-10-18(17-19)22-21(23(28)20-12-8-16-32-20)24(29)25(30)27(22)14-9-13-26(5-2)6-3/h7-8,10-12,16-17,22,29H,4-6,9,13-15H2,1-3H3/t22-/m1/s1. The van der Waals surface area contributed by atoms with Gasteiger partial charge in [-0.3, -0.25) is 9.59 Å². The molecule has 7 nitrogen and oxygen atoms in total. The zero-order valence-electron chi connectivity index (χ0n) is 19.0. The topological polar surface area (TPSA) is 83.2 Å². The zero-order chi connectivity index (χ0) is 23.1. The van der Waals surface area contributed by atoms with E-state index >= 15 is 0 Å². The number of nitrogens with zero attached hydrogens (tertiary/aromatic N) is 2. The summed E-state index contributed by atoms with van der Waals surface area (Å²) in [6.45, 7) is 9.89. The van der Waals surface area contributed by atoms with Gasteiger partial charge in [-0.1, -0.05) is 32.9 Å². The number of aliphatic hydroxyl groups excluding tert-OH is 1. The molecule has 0 unspecified atom stereocenters. The van der Waals surface area contributed by atoms with Crippen molar-refractivity contribution < 1.29 is 23.8 Å². The summed E-state index contributed by atoms with van der Waals surface area (Å²) in [6, 6.07) is 9.80. The Hall–Kier alpha value is -3.06. The highest BCUT2D eigenvalue weighted by Crippen LogP contribution is 2.40. The van der Waals surface area contributed by atoms with Gasteiger partial charge in [0, 0.05) is 6.54 Å². The fraction of sp³-hybridized carbons (Fsp3) is 0.440. The number of furan rings is 1. The van der Waals surface area contributed by atoms with Crippen LogP contribution in [0.3, 0.4) is 0 Å². The van der Waals surface area contributed by atoms with Crippen molar-refractivity contribution in [1.82, 2.24) is 9.80 Å². The number of ketones is 1. The van der Waals surface area contributed by atoms with E-state index < -0.39 is 23.5 Å². The monoisotopic (exact) mass is 440 g/mol. The summed E-state index contributed by atoms with van der Waals surface area (Å²) in [7, 11) is 0. The van der Waals surface area contributed by atoms with Crippen molar-refractivity contribution in [3.8, 4) is 5.75 Å². The molecule has 1 aliphatic rings. The van der Waals surface area contributed by atoms with Crippen LogP contribution < -0.4 is 4.74 Å². The van der Waals surface area contributed by atoms with Gasteiger partial charge >= 0.3 is 0 Å². The van der Waals surface area contributed by atoms with E-state index in [1.807, 2.05) is 31.2 Å². The summed E-state index contributed by atoms with van der Waals surface area (Å²) in [6.07, 6.45) is 3.00. The molecular weight excluding hydrogens is 408 g/mol. The predicted molar refractivity (Wildman–Crippen MR) is 122 cm³/mol. The number of aliphatic hydroxyl groups is 1. The van der Waals surface area contributed by atoms with Crippen molar-refractivity contribution in [1.29, 1.82) is 0 Å². The molecule has 0 fully saturated rings. The fourth-order valence-electron chi connectivity index (χ4n) is 4.00. The molecule has 1 N–H and O–H groups in total. The Morgan fingerprint density at radius 3 is 2.62 bits per heavy atom. The first kappa shape index (κ1) is 23.6. The second-order valence-corrected chi connectivity index (χ2v) is 7.77. The zero-order valence-corrected chi connectivity index (χ0v) is 19.0. The first-order valence-electron chi connectivity index (χ1n) is 11.3. The summed E-state index contributed by atoms with van der Waals surface area (Å²) in [5.41, 5.74) is 0.758. The molecule has 7 heteroatoms. The highest BCUT2D eigenvalue weighted by atomic mass is 16.5. The number of amides is 1. The van der Waals surface area contributed by atoms with Crippen LogP contribution in [-0.4, -0.2) is 59.4 Å². The van der Waals surface area contributed by atoms with Gasteiger partial charge in [-0.15, -0.1) is 0 Å². The molecule has 172 valence electrons. The van der Waals surface area contributed by atoms with E-state index in [4.69, 9.17) is 9.15 Å². The molecule has 1 amide bonds. The van der Waals surface area contributed by atoms with Gasteiger partial charge in [0.1, 0.15) is 5.75 Å². The normalized spacial score (nSPS) is 16.3. The fourth-order valence-corrected chi connectivity index (χ4v) is 4.00. The number of rotatable bonds is 12. The van der Waals surface area contributed by atoms with Gasteiger partial charge in [0.15, 0.2) is 11.5 Å². The Balaban J connectivity index is 1.94. The van der Waals surface area contributed by atoms with Gasteiger partial charge in [-0.2, -0.15) is 0 Å². The minimum absolute atomic E-state index is 0.0421. The van der Waals surface area contributed by atoms with E-state index in [0.29, 0.717) is 24.5 Å². The highest BCUT2D eigenvalue weighted by Gasteiger charge is 2.44. The van der Waals surface area contributed by atoms with E-state index in [0.717, 1.165) is 32.5 Å². The summed E-state index contributed by atoms with van der Waals surface area (Å²) in [5, 5.41) is 10.7. The van der Waals surface area contributed by atoms with Crippen LogP contribution >= 0.6 is 0 Å². The Morgan fingerprint density at radius 1 is 1.19 bits per heavy atom. The Kier molecular flexibility index (Phi) is 8.11. The van der Waals surface area contributed by atoms with E-state index in [1.54, 1.807) is 11.0 Å². The second-order valence-electron chi connectivity index (χ2n) is 7.77. The summed E-state index contributed by atoms with van der Waals surface area (Å²) >= 11 is 0. The molecule has 0 saturated heterocycles. The van der Waals surface area contributed by atoms with Crippen LogP contribution in [0.5, 0.6) is 5.75 Å². The van der Waals surface area contributed by atoms with Crippen molar-refractivity contribution in [2.75, 3.05) is 32.8 Å². The van der Waals surface area contributed by atoms with Crippen molar-refractivity contribution in [2.24, 2.45) is 0 Å². The smallest absolute Gasteiger partial charge is 0.290 e. The Labute approximate surface area is 189 Å². The Morgan fingerprint density at radius 2 is 1.97 bits per heavy atom. The average Bonchev–Trinajstić information content (AvgIpc) is 3.43. The number of benzene rings is 1. The van der Waals surface area contributed by atoms with Crippen LogP contribution in [0.4, 0.5) is 0 Å². The van der Waals surface area contributed by atoms with Crippen LogP contribution in [-0.2, 0) is 4.79 Å². The largest absolute Gasteiger partial charge is 0.503 e. The molecule has 2 aromatic rings. The molecule has 1 atom stereocenters. The first-order valence-corrected chi connectivity index (χ1v) is 11.3. The van der Waals surface area contributed by atoms with Crippen LogP contribution in [0.2, 0.25) is 0 Å². The van der Waals surface area contributed by atoms with Gasteiger partial charge in [-0.05, 0) is 62.3 Å². The maximum Gasteiger partial charge on any atom is 0.290 e. The molecular formula is C25H32N2O5. The molecule has 1 aromatic heterocycles. The summed E-state index contributed by atoms with van der Waals surface area (Å²) < 4.78 is 11.0. The van der Waals surface area contributed by atoms with Crippen molar-refractivity contribution in [3.05, 3.63) is 65.3 Å². The van der Waals surface area contributed by atoms with E-state index in [9.17, 15) is 14.7 Å². The lowest BCUT2D eigenvalue weighted by Crippen LogP contribution is -2.34. The quantitative estimate of drug-likeness (QED) is 0.493. The Bertz CT molecular complexity index is 947. The number of carbonyl (C=O) groups excluding carboxylic acids is 2. The third-order valence-corrected chi connectivity index (χ3v) is 5.71. The number of hydrogen-bond acceptors (Lipinski definition) is 6. The van der Waals surface area contributed by atoms with E-state index in [2.05, 4.69) is 18.7 Å². The SMILES string of the molecule is CCCOc1cccc([C@@H]2C(C(=O)c3ccco3)=C(O)C(=O)N2CCCN(CC)CC)c1. The number of Topliss-reactive ketones (excluding diaryl/α,β-unsaturated/α-hetero) is 1. The molecule has 0 radical (unpaired) electrons. The van der Waals surface area contributed by atoms with Crippen molar-refractivity contribution in [2.45, 2.75) is 39.7 Å². The molecule has 2 heterocycles. The van der Waals surface area contributed by atoms with E-state index in [-0.39, 0.29) is 11.3 Å². The van der Waals surface area contributed by atoms with Gasteiger partial charge in [-0.25, -0.2) is 0 Å². The van der Waals surface area contributed by atoms with Crippen LogP contribution in [0.15, 0.2) is 58.4 Å². The molecule has 1 aliphatic heterocycles. The minimum Gasteiger partial charge on any atom is -0.503 e. The third kappa shape index (κ3) is 5.05. The lowest BCUT2D eigenvalue weighted by Gasteiger charge is -2.28. The van der Waals surface area contributed by atoms with Gasteiger partial charge in [0.25, 0.3) is 5.91 Å². The molecule has 0 spiro atoms. The molecule has 1 aromatic carbocycles. The van der Waals surface area contributed by atoms with Gasteiger partial charge < -0.3 is 24.1 Å². The van der Waals surface area contributed by atoms with Crippen LogP contribution in [0.25, 0.3) is 0 Å². The summed E-state index contributed by atoms with van der Waals surface area (Å²) in [4.78, 5) is 30.1. The molecule has 0 aliphatic carbocycles. The second kappa shape index (κ2) is 11.0. The average molecular weight is 441 g/mol. The van der Waals surface area contributed by atoms with Crippen molar-refractivity contribution >= 4 is 11.7 Å². The lowest BCUT2D eigenvalue weighted by atomic mass is 9.95. The van der Waals surface area contributed by atoms with Crippen molar-refractivity contribution in [3.63, 3.8) is 0 Å². The number of carbonyl (C=O) groups is 2. The molecule has 3 rings (SSSR count). The minimum atomic E-state index is -0.707. The van der Waals surface area contributed by atoms with Crippen LogP contribution in [0.1, 0.15) is 55.8 Å². The predicted octanol–water partition coefficient (Wildman–Crippen LogP) is 4.38. The number of ether oxygens (including phenoxy) is 1. The molecule has 32 heavy (non-hydrogen) atoms. The maximum atomic E-state index is 13.2. The third-order valence-electron chi connectivity index (χ3n) is 5.71.